The highest BCUT2D eigenvalue weighted by molar-refractivity contribution is 8.02. The Morgan fingerprint density at radius 1 is 0.911 bits per heavy atom. The summed E-state index contributed by atoms with van der Waals surface area (Å²) < 4.78 is -1.29. The minimum Gasteiger partial charge on any atom is -0.394 e. The molecule has 2 unspecified atom stereocenters. The Morgan fingerprint density at radius 3 is 2.13 bits per heavy atom. The van der Waals surface area contributed by atoms with E-state index in [1.807, 2.05) is 84.9 Å². The lowest BCUT2D eigenvalue weighted by molar-refractivity contribution is -0.141. The molecule has 8 nitrogen and oxygen atoms in total. The van der Waals surface area contributed by atoms with E-state index in [9.17, 15) is 19.5 Å². The smallest absolute Gasteiger partial charge is 0.248 e. The van der Waals surface area contributed by atoms with Crippen LogP contribution in [-0.4, -0.2) is 69.0 Å². The molecule has 3 aromatic rings. The van der Waals surface area contributed by atoms with Crippen LogP contribution in [0.15, 0.2) is 84.9 Å². The van der Waals surface area contributed by atoms with Gasteiger partial charge in [-0.3, -0.25) is 14.4 Å². The van der Waals surface area contributed by atoms with Crippen molar-refractivity contribution in [3.63, 3.8) is 0 Å². The van der Waals surface area contributed by atoms with Crippen molar-refractivity contribution < 1.29 is 19.5 Å². The molecular formula is C36H42N4O4S. The van der Waals surface area contributed by atoms with Crippen LogP contribution < -0.4 is 15.5 Å². The molecule has 0 saturated carbocycles. The van der Waals surface area contributed by atoms with Gasteiger partial charge in [-0.15, -0.1) is 11.8 Å². The lowest BCUT2D eigenvalue weighted by Gasteiger charge is -2.37. The molecule has 3 saturated heterocycles. The number of carbonyl (C=O) groups excluding carboxylic acids is 3. The van der Waals surface area contributed by atoms with Gasteiger partial charge in [-0.25, -0.2) is 0 Å². The molecule has 236 valence electrons. The number of hydrogen-bond acceptors (Lipinski definition) is 6. The van der Waals surface area contributed by atoms with Gasteiger partial charge < -0.3 is 25.5 Å². The van der Waals surface area contributed by atoms with Crippen LogP contribution in [0.1, 0.15) is 39.2 Å². The van der Waals surface area contributed by atoms with Crippen molar-refractivity contribution in [2.24, 2.45) is 11.8 Å². The maximum atomic E-state index is 14.7. The fourth-order valence-electron chi connectivity index (χ4n) is 7.89. The van der Waals surface area contributed by atoms with Gasteiger partial charge in [0.1, 0.15) is 6.04 Å². The first-order valence-electron chi connectivity index (χ1n) is 15.9. The van der Waals surface area contributed by atoms with E-state index in [1.165, 1.54) is 0 Å². The number of aliphatic hydroxyl groups excluding tert-OH is 1. The highest BCUT2D eigenvalue weighted by Gasteiger charge is 2.77. The third-order valence-electron chi connectivity index (χ3n) is 9.97. The molecule has 3 aliphatic heterocycles. The number of nitrogens with one attached hydrogen (secondary N) is 2. The first-order valence-corrected chi connectivity index (χ1v) is 16.7. The minimum atomic E-state index is -0.848. The van der Waals surface area contributed by atoms with Crippen molar-refractivity contribution in [3.05, 3.63) is 90.5 Å². The zero-order valence-electron chi connectivity index (χ0n) is 26.1. The molecule has 1 spiro atoms. The molecule has 6 rings (SSSR count). The number of benzene rings is 3. The summed E-state index contributed by atoms with van der Waals surface area (Å²) in [4.78, 5) is 47.0. The van der Waals surface area contributed by atoms with Crippen LogP contribution in [0.4, 0.5) is 17.1 Å². The van der Waals surface area contributed by atoms with Crippen molar-refractivity contribution in [2.45, 2.75) is 61.6 Å². The van der Waals surface area contributed by atoms with E-state index in [4.69, 9.17) is 0 Å². The van der Waals surface area contributed by atoms with Gasteiger partial charge in [0.25, 0.3) is 0 Å². The van der Waals surface area contributed by atoms with Crippen LogP contribution in [0.25, 0.3) is 0 Å². The summed E-state index contributed by atoms with van der Waals surface area (Å²) in [6, 6.07) is 25.3. The number of amides is 3. The molecule has 3 N–H and O–H groups in total. The number of para-hydroxylation sites is 1. The van der Waals surface area contributed by atoms with Gasteiger partial charge in [-0.1, -0.05) is 48.5 Å². The van der Waals surface area contributed by atoms with Crippen LogP contribution in [-0.2, 0) is 20.8 Å². The van der Waals surface area contributed by atoms with Gasteiger partial charge in [0.2, 0.25) is 17.7 Å². The number of likely N-dealkylation sites (tertiary alicyclic amines) is 1. The zero-order valence-corrected chi connectivity index (χ0v) is 26.9. The van der Waals surface area contributed by atoms with E-state index in [2.05, 4.69) is 36.3 Å². The van der Waals surface area contributed by atoms with Gasteiger partial charge in [0.15, 0.2) is 0 Å². The van der Waals surface area contributed by atoms with Gasteiger partial charge in [0.05, 0.1) is 29.2 Å². The quantitative estimate of drug-likeness (QED) is 0.271. The fraction of sp³-hybridized carbons (Fsp3) is 0.417. The summed E-state index contributed by atoms with van der Waals surface area (Å²) in [5.41, 5.74) is 3.36. The van der Waals surface area contributed by atoms with Crippen molar-refractivity contribution in [1.82, 2.24) is 4.90 Å². The standard InChI is InChI=1S/C36H42N4O4S/c1-4-39(5-2)27-18-16-26(17-19-27)38-33(43)31-36-21-20-35(3,45-36)29(32(42)37-25-14-10-7-11-15-25)30(36)34(44)40(31)28(23-41)22-24-12-8-6-9-13-24/h6-19,28-31,41H,4-5,20-23H2,1-3H3,(H,37,42)(H,38,43)/t28-,29+,30+,31?,35-,36?/m1/s1. The predicted octanol–water partition coefficient (Wildman–Crippen LogP) is 5.19. The second kappa shape index (κ2) is 12.5. The zero-order chi connectivity index (χ0) is 31.8. The molecule has 9 heteroatoms. The number of nitrogens with zero attached hydrogens (tertiary/aromatic N) is 2. The SMILES string of the molecule is CCN(CC)c1ccc(NC(=O)C2N([C@@H](CO)Cc3ccccc3)C(=O)[C@@H]3[C@@H](C(=O)Nc4ccccc4)[C@@]4(C)CCC23S4)cc1. The minimum absolute atomic E-state index is 0.201. The van der Waals surface area contributed by atoms with Gasteiger partial charge in [-0.05, 0) is 82.0 Å². The Hall–Kier alpha value is -3.82. The monoisotopic (exact) mass is 626 g/mol. The molecule has 3 fully saturated rings. The summed E-state index contributed by atoms with van der Waals surface area (Å²) >= 11 is 1.63. The molecule has 2 bridgehead atoms. The van der Waals surface area contributed by atoms with Gasteiger partial charge in [0, 0.05) is 34.9 Å². The molecule has 3 aliphatic rings. The number of rotatable bonds is 11. The topological polar surface area (TPSA) is 102 Å². The second-order valence-electron chi connectivity index (χ2n) is 12.6. The number of carbonyl (C=O) groups is 3. The average Bonchev–Trinajstić information content (AvgIpc) is 3.62. The van der Waals surface area contributed by atoms with Crippen molar-refractivity contribution >= 4 is 46.5 Å². The Balaban J connectivity index is 1.36. The van der Waals surface area contributed by atoms with E-state index >= 15 is 0 Å². The molecule has 0 radical (unpaired) electrons. The Labute approximate surface area is 269 Å². The molecule has 0 aromatic heterocycles. The summed E-state index contributed by atoms with van der Waals surface area (Å²) in [5.74, 6) is -2.02. The summed E-state index contributed by atoms with van der Waals surface area (Å²) in [7, 11) is 0. The molecule has 3 aromatic carbocycles. The van der Waals surface area contributed by atoms with E-state index in [0.717, 1.165) is 24.3 Å². The molecule has 45 heavy (non-hydrogen) atoms. The van der Waals surface area contributed by atoms with Gasteiger partial charge in [-0.2, -0.15) is 0 Å². The van der Waals surface area contributed by atoms with Crippen molar-refractivity contribution in [3.8, 4) is 0 Å². The van der Waals surface area contributed by atoms with Crippen LogP contribution in [0.3, 0.4) is 0 Å². The molecular weight excluding hydrogens is 584 g/mol. The first-order chi connectivity index (χ1) is 21.7. The highest BCUT2D eigenvalue weighted by Crippen LogP contribution is 2.71. The average molecular weight is 627 g/mol. The number of aliphatic hydroxyl groups is 1. The maximum absolute atomic E-state index is 14.7. The highest BCUT2D eigenvalue weighted by atomic mass is 32.2. The van der Waals surface area contributed by atoms with Crippen molar-refractivity contribution in [2.75, 3.05) is 35.2 Å². The van der Waals surface area contributed by atoms with E-state index in [-0.39, 0.29) is 24.3 Å². The second-order valence-corrected chi connectivity index (χ2v) is 14.5. The lowest BCUT2D eigenvalue weighted by atomic mass is 9.66. The van der Waals surface area contributed by atoms with E-state index in [0.29, 0.717) is 30.6 Å². The third-order valence-corrected chi connectivity index (χ3v) is 12.0. The van der Waals surface area contributed by atoms with Gasteiger partial charge >= 0.3 is 0 Å². The molecule has 6 atom stereocenters. The Bertz CT molecular complexity index is 1530. The largest absolute Gasteiger partial charge is 0.394 e. The fourth-order valence-corrected chi connectivity index (χ4v) is 10.2. The summed E-state index contributed by atoms with van der Waals surface area (Å²) in [6.45, 7) is 7.74. The lowest BCUT2D eigenvalue weighted by Crippen LogP contribution is -2.55. The number of thioether (sulfide) groups is 1. The number of anilines is 3. The van der Waals surface area contributed by atoms with E-state index in [1.54, 1.807) is 16.7 Å². The van der Waals surface area contributed by atoms with Crippen LogP contribution in [0.2, 0.25) is 0 Å². The van der Waals surface area contributed by atoms with Crippen LogP contribution in [0, 0.1) is 11.8 Å². The van der Waals surface area contributed by atoms with E-state index < -0.39 is 33.4 Å². The summed E-state index contributed by atoms with van der Waals surface area (Å²) in [5, 5.41) is 16.9. The molecule has 0 aliphatic carbocycles. The van der Waals surface area contributed by atoms with Crippen LogP contribution >= 0.6 is 11.8 Å². The summed E-state index contributed by atoms with van der Waals surface area (Å²) in [6.07, 6.45) is 1.75. The number of hydrogen-bond donors (Lipinski definition) is 3. The van der Waals surface area contributed by atoms with Crippen LogP contribution in [0.5, 0.6) is 0 Å². The maximum Gasteiger partial charge on any atom is 0.248 e. The Morgan fingerprint density at radius 2 is 1.51 bits per heavy atom. The predicted molar refractivity (Wildman–Crippen MR) is 180 cm³/mol. The molecule has 3 heterocycles. The van der Waals surface area contributed by atoms with Crippen molar-refractivity contribution in [1.29, 1.82) is 0 Å². The first kappa shape index (κ1) is 31.2. The molecule has 3 amide bonds. The normalized spacial score (nSPS) is 27.2. The Kier molecular flexibility index (Phi) is 8.68. The number of fused-ring (bicyclic) bond motifs is 1. The third kappa shape index (κ3) is 5.50.